The van der Waals surface area contributed by atoms with Gasteiger partial charge in [0.05, 0.1) is 0 Å². The van der Waals surface area contributed by atoms with Crippen molar-refractivity contribution in [3.05, 3.63) is 65.7 Å². The SMILES string of the molecule is CCN(Cc1cccc(C)c1)C(=O)Nc1ccccc1. The molecule has 0 fully saturated rings. The Morgan fingerprint density at radius 3 is 2.50 bits per heavy atom. The van der Waals surface area contributed by atoms with Gasteiger partial charge in [-0.2, -0.15) is 0 Å². The first-order valence-corrected chi connectivity index (χ1v) is 6.85. The number of nitrogens with one attached hydrogen (secondary N) is 1. The Kier molecular flexibility index (Phi) is 4.77. The molecular formula is C17H20N2O. The van der Waals surface area contributed by atoms with Crippen molar-refractivity contribution in [2.45, 2.75) is 20.4 Å². The Morgan fingerprint density at radius 1 is 1.10 bits per heavy atom. The van der Waals surface area contributed by atoms with E-state index in [0.717, 1.165) is 11.3 Å². The minimum absolute atomic E-state index is 0.0693. The van der Waals surface area contributed by atoms with E-state index in [1.54, 1.807) is 4.90 Å². The molecule has 0 atom stereocenters. The highest BCUT2D eigenvalue weighted by atomic mass is 16.2. The molecule has 3 nitrogen and oxygen atoms in total. The largest absolute Gasteiger partial charge is 0.322 e. The van der Waals surface area contributed by atoms with Gasteiger partial charge in [0.1, 0.15) is 0 Å². The molecule has 0 aliphatic rings. The molecule has 0 bridgehead atoms. The van der Waals surface area contributed by atoms with Crippen LogP contribution in [-0.2, 0) is 6.54 Å². The number of nitrogens with zero attached hydrogens (tertiary/aromatic N) is 1. The summed E-state index contributed by atoms with van der Waals surface area (Å²) >= 11 is 0. The lowest BCUT2D eigenvalue weighted by Crippen LogP contribution is -2.34. The van der Waals surface area contributed by atoms with E-state index in [1.807, 2.05) is 49.4 Å². The summed E-state index contributed by atoms with van der Waals surface area (Å²) in [4.78, 5) is 14.0. The van der Waals surface area contributed by atoms with E-state index >= 15 is 0 Å². The highest BCUT2D eigenvalue weighted by Gasteiger charge is 2.12. The van der Waals surface area contributed by atoms with Gasteiger partial charge in [0.15, 0.2) is 0 Å². The van der Waals surface area contributed by atoms with Crippen molar-refractivity contribution in [2.75, 3.05) is 11.9 Å². The summed E-state index contributed by atoms with van der Waals surface area (Å²) in [5.41, 5.74) is 3.18. The minimum atomic E-state index is -0.0693. The molecule has 2 rings (SSSR count). The van der Waals surface area contributed by atoms with Crippen molar-refractivity contribution in [3.63, 3.8) is 0 Å². The van der Waals surface area contributed by atoms with Crippen LogP contribution in [0.3, 0.4) is 0 Å². The van der Waals surface area contributed by atoms with Crippen molar-refractivity contribution in [3.8, 4) is 0 Å². The predicted molar refractivity (Wildman–Crippen MR) is 82.7 cm³/mol. The fourth-order valence-electron chi connectivity index (χ4n) is 2.08. The first kappa shape index (κ1) is 14.1. The Labute approximate surface area is 120 Å². The Morgan fingerprint density at radius 2 is 1.85 bits per heavy atom. The molecule has 0 radical (unpaired) electrons. The molecule has 0 saturated carbocycles. The van der Waals surface area contributed by atoms with Gasteiger partial charge in [-0.15, -0.1) is 0 Å². The average molecular weight is 268 g/mol. The predicted octanol–water partition coefficient (Wildman–Crippen LogP) is 4.05. The summed E-state index contributed by atoms with van der Waals surface area (Å²) in [6, 6.07) is 17.7. The second kappa shape index (κ2) is 6.75. The molecule has 104 valence electrons. The molecule has 0 aliphatic heterocycles. The van der Waals surface area contributed by atoms with E-state index in [2.05, 4.69) is 24.4 Å². The summed E-state index contributed by atoms with van der Waals surface area (Å²) in [6.45, 7) is 5.34. The molecule has 3 heteroatoms. The highest BCUT2D eigenvalue weighted by Crippen LogP contribution is 2.11. The van der Waals surface area contributed by atoms with Gasteiger partial charge in [-0.3, -0.25) is 0 Å². The number of aryl methyl sites for hydroxylation is 1. The summed E-state index contributed by atoms with van der Waals surface area (Å²) < 4.78 is 0. The maximum atomic E-state index is 12.2. The van der Waals surface area contributed by atoms with Crippen LogP contribution in [0.2, 0.25) is 0 Å². The average Bonchev–Trinajstić information content (AvgIpc) is 2.46. The van der Waals surface area contributed by atoms with Crippen molar-refractivity contribution in [1.29, 1.82) is 0 Å². The third kappa shape index (κ3) is 3.85. The van der Waals surface area contributed by atoms with Crippen LogP contribution < -0.4 is 5.32 Å². The minimum Gasteiger partial charge on any atom is -0.320 e. The van der Waals surface area contributed by atoms with Crippen molar-refractivity contribution in [1.82, 2.24) is 4.90 Å². The maximum absolute atomic E-state index is 12.2. The molecule has 0 aliphatic carbocycles. The first-order chi connectivity index (χ1) is 9.69. The van der Waals surface area contributed by atoms with E-state index in [-0.39, 0.29) is 6.03 Å². The molecule has 2 aromatic rings. The van der Waals surface area contributed by atoms with Crippen molar-refractivity contribution in [2.24, 2.45) is 0 Å². The molecule has 0 aromatic heterocycles. The third-order valence-corrected chi connectivity index (χ3v) is 3.15. The number of carbonyl (C=O) groups is 1. The number of carbonyl (C=O) groups excluding carboxylic acids is 1. The molecule has 20 heavy (non-hydrogen) atoms. The van der Waals surface area contributed by atoms with Crippen molar-refractivity contribution < 1.29 is 4.79 Å². The number of para-hydroxylation sites is 1. The zero-order valence-electron chi connectivity index (χ0n) is 12.0. The fourth-order valence-corrected chi connectivity index (χ4v) is 2.08. The van der Waals surface area contributed by atoms with Gasteiger partial charge >= 0.3 is 6.03 Å². The number of anilines is 1. The number of amides is 2. The quantitative estimate of drug-likeness (QED) is 0.891. The standard InChI is InChI=1S/C17H20N2O/c1-3-19(13-15-9-7-8-14(2)12-15)17(20)18-16-10-5-4-6-11-16/h4-12H,3,13H2,1-2H3,(H,18,20). The van der Waals surface area contributed by atoms with Gasteiger partial charge in [0.25, 0.3) is 0 Å². The molecular weight excluding hydrogens is 248 g/mol. The highest BCUT2D eigenvalue weighted by molar-refractivity contribution is 5.89. The van der Waals surface area contributed by atoms with Gasteiger partial charge in [-0.05, 0) is 31.5 Å². The van der Waals surface area contributed by atoms with Crippen LogP contribution in [0.1, 0.15) is 18.1 Å². The molecule has 0 heterocycles. The molecule has 2 amide bonds. The maximum Gasteiger partial charge on any atom is 0.322 e. The Hall–Kier alpha value is -2.29. The zero-order chi connectivity index (χ0) is 14.4. The van der Waals surface area contributed by atoms with Crippen LogP contribution in [0.4, 0.5) is 10.5 Å². The summed E-state index contributed by atoms with van der Waals surface area (Å²) in [6.07, 6.45) is 0. The molecule has 0 unspecified atom stereocenters. The summed E-state index contributed by atoms with van der Waals surface area (Å²) in [5, 5.41) is 2.91. The molecule has 0 spiro atoms. The van der Waals surface area contributed by atoms with E-state index in [1.165, 1.54) is 5.56 Å². The monoisotopic (exact) mass is 268 g/mol. The zero-order valence-corrected chi connectivity index (χ0v) is 12.0. The van der Waals surface area contributed by atoms with Gasteiger partial charge < -0.3 is 10.2 Å². The van der Waals surface area contributed by atoms with Crippen LogP contribution in [0.5, 0.6) is 0 Å². The second-order valence-electron chi connectivity index (χ2n) is 4.80. The normalized spacial score (nSPS) is 10.1. The van der Waals surface area contributed by atoms with Crippen LogP contribution in [0.15, 0.2) is 54.6 Å². The lowest BCUT2D eigenvalue weighted by Gasteiger charge is -2.21. The number of hydrogen-bond acceptors (Lipinski definition) is 1. The third-order valence-electron chi connectivity index (χ3n) is 3.15. The fraction of sp³-hybridized carbons (Fsp3) is 0.235. The van der Waals surface area contributed by atoms with Gasteiger partial charge in [-0.1, -0.05) is 48.0 Å². The summed E-state index contributed by atoms with van der Waals surface area (Å²) in [7, 11) is 0. The number of hydrogen-bond donors (Lipinski definition) is 1. The lowest BCUT2D eigenvalue weighted by molar-refractivity contribution is 0.212. The van der Waals surface area contributed by atoms with Crippen LogP contribution in [0, 0.1) is 6.92 Å². The molecule has 2 aromatic carbocycles. The lowest BCUT2D eigenvalue weighted by atomic mass is 10.1. The second-order valence-corrected chi connectivity index (χ2v) is 4.80. The van der Waals surface area contributed by atoms with E-state index in [0.29, 0.717) is 13.1 Å². The van der Waals surface area contributed by atoms with Crippen molar-refractivity contribution >= 4 is 11.7 Å². The molecule has 0 saturated heterocycles. The van der Waals surface area contributed by atoms with E-state index in [9.17, 15) is 4.79 Å². The first-order valence-electron chi connectivity index (χ1n) is 6.85. The number of rotatable bonds is 4. The topological polar surface area (TPSA) is 32.3 Å². The van der Waals surface area contributed by atoms with Crippen LogP contribution in [0.25, 0.3) is 0 Å². The van der Waals surface area contributed by atoms with Crippen LogP contribution in [-0.4, -0.2) is 17.5 Å². The molecule has 1 N–H and O–H groups in total. The number of benzene rings is 2. The van der Waals surface area contributed by atoms with E-state index in [4.69, 9.17) is 0 Å². The van der Waals surface area contributed by atoms with E-state index < -0.39 is 0 Å². The Bertz CT molecular complexity index is 566. The van der Waals surface area contributed by atoms with Gasteiger partial charge in [0.2, 0.25) is 0 Å². The van der Waals surface area contributed by atoms with Crippen LogP contribution >= 0.6 is 0 Å². The smallest absolute Gasteiger partial charge is 0.320 e. The van der Waals surface area contributed by atoms with Gasteiger partial charge in [0, 0.05) is 18.8 Å². The number of urea groups is 1. The Balaban J connectivity index is 2.02. The summed E-state index contributed by atoms with van der Waals surface area (Å²) in [5.74, 6) is 0. The van der Waals surface area contributed by atoms with Gasteiger partial charge in [-0.25, -0.2) is 4.79 Å².